The molecule has 0 spiro atoms. The van der Waals surface area contributed by atoms with Gasteiger partial charge in [-0.2, -0.15) is 0 Å². The summed E-state index contributed by atoms with van der Waals surface area (Å²) >= 11 is 0. The molecule has 3 rings (SSSR count). The number of aromatic nitrogens is 1. The molecule has 0 aliphatic carbocycles. The molecule has 0 bridgehead atoms. The Kier molecular flexibility index (Phi) is 5.28. The highest BCUT2D eigenvalue weighted by Gasteiger charge is 2.25. The van der Waals surface area contributed by atoms with Gasteiger partial charge in [-0.15, -0.1) is 0 Å². The average Bonchev–Trinajstić information content (AvgIpc) is 2.68. The molecule has 6 heteroatoms. The number of amides is 2. The van der Waals surface area contributed by atoms with E-state index in [0.717, 1.165) is 5.75 Å². The van der Waals surface area contributed by atoms with E-state index in [4.69, 9.17) is 4.74 Å². The molecule has 25 heavy (non-hydrogen) atoms. The molecule has 1 fully saturated rings. The molecule has 2 amide bonds. The van der Waals surface area contributed by atoms with Gasteiger partial charge in [0.2, 0.25) is 0 Å². The Morgan fingerprint density at radius 2 is 1.56 bits per heavy atom. The van der Waals surface area contributed by atoms with Gasteiger partial charge in [-0.3, -0.25) is 14.6 Å². The average molecular weight is 339 g/mol. The minimum atomic E-state index is -0.0405. The van der Waals surface area contributed by atoms with E-state index in [0.29, 0.717) is 43.9 Å². The summed E-state index contributed by atoms with van der Waals surface area (Å²) < 4.78 is 5.39. The van der Waals surface area contributed by atoms with E-state index in [1.807, 2.05) is 6.92 Å². The monoisotopic (exact) mass is 339 g/mol. The third-order valence-electron chi connectivity index (χ3n) is 4.17. The van der Waals surface area contributed by atoms with Crippen molar-refractivity contribution >= 4 is 11.8 Å². The van der Waals surface area contributed by atoms with Crippen molar-refractivity contribution in [3.8, 4) is 5.75 Å². The zero-order chi connectivity index (χ0) is 17.6. The molecule has 130 valence electrons. The lowest BCUT2D eigenvalue weighted by Crippen LogP contribution is -2.50. The summed E-state index contributed by atoms with van der Waals surface area (Å²) in [6.45, 7) is 4.62. The topological polar surface area (TPSA) is 62.7 Å². The van der Waals surface area contributed by atoms with Gasteiger partial charge in [-0.05, 0) is 43.3 Å². The standard InChI is InChI=1S/C19H21N3O3/c1-2-25-17-7-5-15(6-8-17)18(23)21-10-12-22(13-11-21)19(24)16-4-3-9-20-14-16/h3-9,14H,2,10-13H2,1H3. The summed E-state index contributed by atoms with van der Waals surface area (Å²) in [4.78, 5) is 32.5. The van der Waals surface area contributed by atoms with Gasteiger partial charge >= 0.3 is 0 Å². The first kappa shape index (κ1) is 17.0. The number of hydrogen-bond acceptors (Lipinski definition) is 4. The molecule has 1 aliphatic heterocycles. The van der Waals surface area contributed by atoms with Crippen molar-refractivity contribution in [3.63, 3.8) is 0 Å². The summed E-state index contributed by atoms with van der Waals surface area (Å²) in [5.74, 6) is 0.698. The molecule has 1 saturated heterocycles. The lowest BCUT2D eigenvalue weighted by Gasteiger charge is -2.34. The molecular formula is C19H21N3O3. The molecule has 2 aromatic rings. The first-order valence-electron chi connectivity index (χ1n) is 8.40. The van der Waals surface area contributed by atoms with Crippen LogP contribution in [0.5, 0.6) is 5.75 Å². The number of pyridine rings is 1. The van der Waals surface area contributed by atoms with Crippen LogP contribution in [0.2, 0.25) is 0 Å². The quantitative estimate of drug-likeness (QED) is 0.856. The van der Waals surface area contributed by atoms with Gasteiger partial charge in [-0.25, -0.2) is 0 Å². The lowest BCUT2D eigenvalue weighted by atomic mass is 10.1. The maximum atomic E-state index is 12.6. The van der Waals surface area contributed by atoms with Crippen molar-refractivity contribution in [3.05, 3.63) is 59.9 Å². The molecular weight excluding hydrogens is 318 g/mol. The summed E-state index contributed by atoms with van der Waals surface area (Å²) in [6, 6.07) is 10.7. The predicted molar refractivity (Wildman–Crippen MR) is 93.7 cm³/mol. The highest BCUT2D eigenvalue weighted by Crippen LogP contribution is 2.15. The maximum absolute atomic E-state index is 12.6. The number of hydrogen-bond donors (Lipinski definition) is 0. The predicted octanol–water partition coefficient (Wildman–Crippen LogP) is 2.08. The van der Waals surface area contributed by atoms with E-state index in [2.05, 4.69) is 4.98 Å². The second kappa shape index (κ2) is 7.79. The Hall–Kier alpha value is -2.89. The first-order chi connectivity index (χ1) is 12.2. The van der Waals surface area contributed by atoms with Crippen LogP contribution >= 0.6 is 0 Å². The molecule has 0 N–H and O–H groups in total. The fraction of sp³-hybridized carbons (Fsp3) is 0.316. The number of benzene rings is 1. The van der Waals surface area contributed by atoms with Crippen LogP contribution in [0.25, 0.3) is 0 Å². The van der Waals surface area contributed by atoms with Crippen molar-refractivity contribution < 1.29 is 14.3 Å². The van der Waals surface area contributed by atoms with E-state index in [-0.39, 0.29) is 11.8 Å². The Labute approximate surface area is 147 Å². The van der Waals surface area contributed by atoms with Crippen molar-refractivity contribution in [2.75, 3.05) is 32.8 Å². The molecule has 0 atom stereocenters. The van der Waals surface area contributed by atoms with Crippen LogP contribution in [0.15, 0.2) is 48.8 Å². The van der Waals surface area contributed by atoms with Gasteiger partial charge in [0.25, 0.3) is 11.8 Å². The third kappa shape index (κ3) is 3.96. The Morgan fingerprint density at radius 3 is 2.08 bits per heavy atom. The summed E-state index contributed by atoms with van der Waals surface area (Å²) in [6.07, 6.45) is 3.21. The molecule has 2 heterocycles. The van der Waals surface area contributed by atoms with E-state index in [1.165, 1.54) is 0 Å². The van der Waals surface area contributed by atoms with E-state index in [1.54, 1.807) is 58.6 Å². The number of carbonyl (C=O) groups excluding carboxylic acids is 2. The Morgan fingerprint density at radius 1 is 0.960 bits per heavy atom. The second-order valence-corrected chi connectivity index (χ2v) is 5.78. The van der Waals surface area contributed by atoms with Gasteiger partial charge in [-0.1, -0.05) is 0 Å². The maximum Gasteiger partial charge on any atom is 0.255 e. The van der Waals surface area contributed by atoms with Gasteiger partial charge in [0.1, 0.15) is 5.75 Å². The van der Waals surface area contributed by atoms with Crippen LogP contribution in [0.3, 0.4) is 0 Å². The fourth-order valence-corrected chi connectivity index (χ4v) is 2.83. The SMILES string of the molecule is CCOc1ccc(C(=O)N2CCN(C(=O)c3cccnc3)CC2)cc1. The van der Waals surface area contributed by atoms with Crippen molar-refractivity contribution in [2.45, 2.75) is 6.92 Å². The fourth-order valence-electron chi connectivity index (χ4n) is 2.83. The van der Waals surface area contributed by atoms with E-state index >= 15 is 0 Å². The third-order valence-corrected chi connectivity index (χ3v) is 4.17. The molecule has 1 aromatic carbocycles. The molecule has 0 radical (unpaired) electrons. The van der Waals surface area contributed by atoms with Crippen LogP contribution in [-0.4, -0.2) is 59.4 Å². The van der Waals surface area contributed by atoms with Gasteiger partial charge in [0.15, 0.2) is 0 Å². The van der Waals surface area contributed by atoms with Crippen molar-refractivity contribution in [1.82, 2.24) is 14.8 Å². The smallest absolute Gasteiger partial charge is 0.255 e. The van der Waals surface area contributed by atoms with Crippen LogP contribution in [0.4, 0.5) is 0 Å². The van der Waals surface area contributed by atoms with Gasteiger partial charge < -0.3 is 14.5 Å². The molecule has 0 saturated carbocycles. The minimum absolute atomic E-state index is 0.0171. The van der Waals surface area contributed by atoms with Gasteiger partial charge in [0.05, 0.1) is 12.2 Å². The van der Waals surface area contributed by atoms with Crippen LogP contribution in [0.1, 0.15) is 27.6 Å². The number of ether oxygens (including phenoxy) is 1. The van der Waals surface area contributed by atoms with Crippen LogP contribution in [-0.2, 0) is 0 Å². The Bertz CT molecular complexity index is 723. The molecule has 1 aliphatic rings. The summed E-state index contributed by atoms with van der Waals surface area (Å²) in [7, 11) is 0. The van der Waals surface area contributed by atoms with E-state index < -0.39 is 0 Å². The van der Waals surface area contributed by atoms with Crippen LogP contribution in [0, 0.1) is 0 Å². The first-order valence-corrected chi connectivity index (χ1v) is 8.40. The number of rotatable bonds is 4. The molecule has 0 unspecified atom stereocenters. The van der Waals surface area contributed by atoms with Gasteiger partial charge in [0, 0.05) is 44.1 Å². The lowest BCUT2D eigenvalue weighted by molar-refractivity contribution is 0.0535. The normalized spacial score (nSPS) is 14.3. The Balaban J connectivity index is 1.58. The van der Waals surface area contributed by atoms with Crippen LogP contribution < -0.4 is 4.74 Å². The molecule has 6 nitrogen and oxygen atoms in total. The largest absolute Gasteiger partial charge is 0.494 e. The summed E-state index contributed by atoms with van der Waals surface area (Å²) in [5.41, 5.74) is 1.21. The highest BCUT2D eigenvalue weighted by atomic mass is 16.5. The second-order valence-electron chi connectivity index (χ2n) is 5.78. The molecule has 1 aromatic heterocycles. The zero-order valence-corrected chi connectivity index (χ0v) is 14.2. The number of piperazine rings is 1. The van der Waals surface area contributed by atoms with E-state index in [9.17, 15) is 9.59 Å². The minimum Gasteiger partial charge on any atom is -0.494 e. The highest BCUT2D eigenvalue weighted by molar-refractivity contribution is 5.95. The summed E-state index contributed by atoms with van der Waals surface area (Å²) in [5, 5.41) is 0. The van der Waals surface area contributed by atoms with Crippen molar-refractivity contribution in [1.29, 1.82) is 0 Å². The van der Waals surface area contributed by atoms with Crippen molar-refractivity contribution in [2.24, 2.45) is 0 Å². The number of carbonyl (C=O) groups is 2. The number of nitrogens with zero attached hydrogens (tertiary/aromatic N) is 3. The zero-order valence-electron chi connectivity index (χ0n) is 14.2.